The van der Waals surface area contributed by atoms with Crippen molar-refractivity contribution in [2.75, 3.05) is 26.7 Å². The molecule has 2 atom stereocenters. The third-order valence-electron chi connectivity index (χ3n) is 3.78. The molecule has 1 aliphatic heterocycles. The first-order chi connectivity index (χ1) is 9.04. The summed E-state index contributed by atoms with van der Waals surface area (Å²) in [5.74, 6) is 0.0214. The number of nitrogens with zero attached hydrogens (tertiary/aromatic N) is 1. The minimum Gasteiger partial charge on any atom is -0.364 e. The molecule has 1 heterocycles. The van der Waals surface area contributed by atoms with Crippen molar-refractivity contribution in [2.24, 2.45) is 5.73 Å². The van der Waals surface area contributed by atoms with Gasteiger partial charge >= 0.3 is 0 Å². The van der Waals surface area contributed by atoms with Gasteiger partial charge in [0.1, 0.15) is 6.10 Å². The molecule has 5 heteroatoms. The summed E-state index contributed by atoms with van der Waals surface area (Å²) in [6.07, 6.45) is 3.58. The van der Waals surface area contributed by atoms with Crippen molar-refractivity contribution in [2.45, 2.75) is 57.8 Å². The van der Waals surface area contributed by atoms with Crippen LogP contribution in [0.3, 0.4) is 0 Å². The summed E-state index contributed by atoms with van der Waals surface area (Å²) in [5, 5.41) is 2.95. The Hall–Kier alpha value is -0.650. The Labute approximate surface area is 116 Å². The minimum absolute atomic E-state index is 0.0214. The Morgan fingerprint density at radius 1 is 1.42 bits per heavy atom. The highest BCUT2D eigenvalue weighted by atomic mass is 16.5. The van der Waals surface area contributed by atoms with Crippen molar-refractivity contribution in [3.8, 4) is 0 Å². The topological polar surface area (TPSA) is 67.6 Å². The number of nitrogens with one attached hydrogen (secondary N) is 1. The Bertz CT molecular complexity index is 271. The van der Waals surface area contributed by atoms with Crippen LogP contribution >= 0.6 is 0 Å². The van der Waals surface area contributed by atoms with Gasteiger partial charge in [-0.2, -0.15) is 0 Å². The summed E-state index contributed by atoms with van der Waals surface area (Å²) in [6, 6.07) is 0.578. The quantitative estimate of drug-likeness (QED) is 0.639. The number of carbonyl (C=O) groups is 1. The molecule has 0 aromatic rings. The van der Waals surface area contributed by atoms with E-state index in [1.165, 1.54) is 0 Å². The predicted octanol–water partition coefficient (Wildman–Crippen LogP) is 0.729. The molecule has 5 nitrogen and oxygen atoms in total. The van der Waals surface area contributed by atoms with Gasteiger partial charge in [-0.15, -0.1) is 0 Å². The Morgan fingerprint density at radius 3 is 2.74 bits per heavy atom. The highest BCUT2D eigenvalue weighted by Crippen LogP contribution is 2.18. The van der Waals surface area contributed by atoms with Crippen LogP contribution in [0.5, 0.6) is 0 Å². The molecule has 19 heavy (non-hydrogen) atoms. The SMILES string of the molecule is CC(C)N(C)CCCCNC(=O)C1CCC(CN)O1. The van der Waals surface area contributed by atoms with E-state index in [9.17, 15) is 4.79 Å². The lowest BCUT2D eigenvalue weighted by Crippen LogP contribution is -2.36. The highest BCUT2D eigenvalue weighted by Gasteiger charge is 2.29. The lowest BCUT2D eigenvalue weighted by atomic mass is 10.2. The van der Waals surface area contributed by atoms with Gasteiger partial charge in [0.2, 0.25) is 5.91 Å². The van der Waals surface area contributed by atoms with Crippen molar-refractivity contribution in [3.05, 3.63) is 0 Å². The monoisotopic (exact) mass is 271 g/mol. The van der Waals surface area contributed by atoms with Crippen molar-refractivity contribution in [3.63, 3.8) is 0 Å². The Kier molecular flexibility index (Phi) is 7.34. The van der Waals surface area contributed by atoms with Gasteiger partial charge in [0.15, 0.2) is 0 Å². The first-order valence-corrected chi connectivity index (χ1v) is 7.38. The fraction of sp³-hybridized carbons (Fsp3) is 0.929. The second kappa shape index (κ2) is 8.51. The number of nitrogens with two attached hydrogens (primary N) is 1. The number of rotatable bonds is 8. The van der Waals surface area contributed by atoms with Gasteiger partial charge < -0.3 is 20.7 Å². The Balaban J connectivity index is 2.05. The number of unbranched alkanes of at least 4 members (excludes halogenated alkanes) is 1. The number of carbonyl (C=O) groups excluding carboxylic acids is 1. The van der Waals surface area contributed by atoms with Crippen molar-refractivity contribution < 1.29 is 9.53 Å². The van der Waals surface area contributed by atoms with E-state index in [0.29, 0.717) is 12.6 Å². The van der Waals surface area contributed by atoms with Gasteiger partial charge in [-0.3, -0.25) is 4.79 Å². The van der Waals surface area contributed by atoms with E-state index in [1.807, 2.05) is 0 Å². The van der Waals surface area contributed by atoms with Crippen molar-refractivity contribution >= 4 is 5.91 Å². The smallest absolute Gasteiger partial charge is 0.249 e. The average Bonchev–Trinajstić information content (AvgIpc) is 2.86. The zero-order valence-electron chi connectivity index (χ0n) is 12.5. The zero-order valence-corrected chi connectivity index (χ0v) is 12.5. The molecule has 1 amide bonds. The number of hydrogen-bond acceptors (Lipinski definition) is 4. The molecule has 1 rings (SSSR count). The number of amides is 1. The van der Waals surface area contributed by atoms with Crippen LogP contribution in [0.2, 0.25) is 0 Å². The summed E-state index contributed by atoms with van der Waals surface area (Å²) in [5.41, 5.74) is 5.53. The van der Waals surface area contributed by atoms with Crippen molar-refractivity contribution in [1.82, 2.24) is 10.2 Å². The maximum absolute atomic E-state index is 11.8. The molecule has 0 aromatic heterocycles. The van der Waals surface area contributed by atoms with Gasteiger partial charge in [0.05, 0.1) is 6.10 Å². The molecule has 1 saturated heterocycles. The molecule has 0 bridgehead atoms. The molecular weight excluding hydrogens is 242 g/mol. The second-order valence-electron chi connectivity index (χ2n) is 5.63. The van der Waals surface area contributed by atoms with E-state index in [2.05, 4.69) is 31.1 Å². The molecule has 112 valence electrons. The molecule has 0 aliphatic carbocycles. The van der Waals surface area contributed by atoms with Crippen LogP contribution in [0.15, 0.2) is 0 Å². The van der Waals surface area contributed by atoms with Gasteiger partial charge in [0.25, 0.3) is 0 Å². The van der Waals surface area contributed by atoms with Crippen LogP contribution in [0.25, 0.3) is 0 Å². The minimum atomic E-state index is -0.285. The maximum atomic E-state index is 11.8. The summed E-state index contributed by atoms with van der Waals surface area (Å²) >= 11 is 0. The number of ether oxygens (including phenoxy) is 1. The predicted molar refractivity (Wildman–Crippen MR) is 77.0 cm³/mol. The third-order valence-corrected chi connectivity index (χ3v) is 3.78. The first-order valence-electron chi connectivity index (χ1n) is 7.38. The van der Waals surface area contributed by atoms with Gasteiger partial charge in [-0.25, -0.2) is 0 Å². The molecule has 1 fully saturated rings. The van der Waals surface area contributed by atoms with Crippen LogP contribution in [-0.2, 0) is 9.53 Å². The largest absolute Gasteiger partial charge is 0.364 e. The fourth-order valence-electron chi connectivity index (χ4n) is 2.14. The molecule has 2 unspecified atom stereocenters. The van der Waals surface area contributed by atoms with E-state index in [0.717, 1.165) is 38.8 Å². The van der Waals surface area contributed by atoms with E-state index in [-0.39, 0.29) is 18.1 Å². The molecule has 0 aromatic carbocycles. The zero-order chi connectivity index (χ0) is 14.3. The summed E-state index contributed by atoms with van der Waals surface area (Å²) < 4.78 is 5.55. The lowest BCUT2D eigenvalue weighted by Gasteiger charge is -2.20. The molecule has 0 saturated carbocycles. The summed E-state index contributed by atoms with van der Waals surface area (Å²) in [6.45, 7) is 6.69. The van der Waals surface area contributed by atoms with E-state index in [4.69, 9.17) is 10.5 Å². The highest BCUT2D eigenvalue weighted by molar-refractivity contribution is 5.80. The van der Waals surface area contributed by atoms with Crippen molar-refractivity contribution in [1.29, 1.82) is 0 Å². The molecule has 0 spiro atoms. The van der Waals surface area contributed by atoms with Gasteiger partial charge in [-0.05, 0) is 53.1 Å². The van der Waals surface area contributed by atoms with Crippen LogP contribution in [0, 0.1) is 0 Å². The molecule has 0 radical (unpaired) electrons. The normalized spacial score (nSPS) is 23.3. The lowest BCUT2D eigenvalue weighted by molar-refractivity contribution is -0.131. The second-order valence-corrected chi connectivity index (χ2v) is 5.63. The van der Waals surface area contributed by atoms with Crippen LogP contribution < -0.4 is 11.1 Å². The van der Waals surface area contributed by atoms with Crippen LogP contribution in [-0.4, -0.2) is 55.7 Å². The fourth-order valence-corrected chi connectivity index (χ4v) is 2.14. The van der Waals surface area contributed by atoms with E-state index >= 15 is 0 Å². The van der Waals surface area contributed by atoms with E-state index in [1.54, 1.807) is 0 Å². The van der Waals surface area contributed by atoms with Crippen LogP contribution in [0.4, 0.5) is 0 Å². The summed E-state index contributed by atoms with van der Waals surface area (Å²) in [4.78, 5) is 14.1. The standard InChI is InChI=1S/C14H29N3O2/c1-11(2)17(3)9-5-4-8-16-14(18)13-7-6-12(10-15)19-13/h11-13H,4-10,15H2,1-3H3,(H,16,18). The first kappa shape index (κ1) is 16.4. The van der Waals surface area contributed by atoms with Crippen LogP contribution in [0.1, 0.15) is 39.5 Å². The summed E-state index contributed by atoms with van der Waals surface area (Å²) in [7, 11) is 2.13. The van der Waals surface area contributed by atoms with Gasteiger partial charge in [-0.1, -0.05) is 0 Å². The van der Waals surface area contributed by atoms with Gasteiger partial charge in [0, 0.05) is 19.1 Å². The number of hydrogen-bond donors (Lipinski definition) is 2. The molecular formula is C14H29N3O2. The Morgan fingerprint density at radius 2 is 2.16 bits per heavy atom. The van der Waals surface area contributed by atoms with E-state index < -0.39 is 0 Å². The third kappa shape index (κ3) is 5.89. The average molecular weight is 271 g/mol. The maximum Gasteiger partial charge on any atom is 0.249 e. The molecule has 3 N–H and O–H groups in total. The molecule has 1 aliphatic rings.